The monoisotopic (exact) mass is 331 g/mol. The van der Waals surface area contributed by atoms with Crippen LogP contribution in [0, 0.1) is 17.2 Å². The van der Waals surface area contributed by atoms with E-state index in [4.69, 9.17) is 10.00 Å². The average Bonchev–Trinajstić information content (AvgIpc) is 2.56. The lowest BCUT2D eigenvalue weighted by atomic mass is 10.1. The van der Waals surface area contributed by atoms with Crippen LogP contribution in [0.15, 0.2) is 24.3 Å². The Kier molecular flexibility index (Phi) is 7.99. The maximum atomic E-state index is 11.6. The number of hydrogen-bond donors (Lipinski definition) is 2. The number of aryl methyl sites for hydroxylation is 1. The van der Waals surface area contributed by atoms with Gasteiger partial charge in [-0.1, -0.05) is 26.0 Å². The second-order valence-corrected chi connectivity index (χ2v) is 5.62. The zero-order chi connectivity index (χ0) is 17.9. The fraction of sp³-hybridized carbons (Fsp3) is 0.412. The largest absolute Gasteiger partial charge is 0.456 e. The molecular weight excluding hydrogens is 310 g/mol. The first-order valence-electron chi connectivity index (χ1n) is 7.63. The summed E-state index contributed by atoms with van der Waals surface area (Å²) in [5.74, 6) is -0.939. The van der Waals surface area contributed by atoms with Crippen LogP contribution < -0.4 is 10.6 Å². The second kappa shape index (κ2) is 10.0. The van der Waals surface area contributed by atoms with Gasteiger partial charge in [-0.25, -0.2) is 4.79 Å². The summed E-state index contributed by atoms with van der Waals surface area (Å²) in [4.78, 5) is 34.4. The number of urea groups is 1. The van der Waals surface area contributed by atoms with Crippen LogP contribution in [0.5, 0.6) is 0 Å². The highest BCUT2D eigenvalue weighted by Gasteiger charge is 2.11. The Bertz CT molecular complexity index is 618. The molecule has 0 saturated heterocycles. The molecule has 0 aliphatic rings. The van der Waals surface area contributed by atoms with Crippen LogP contribution in [-0.4, -0.2) is 31.1 Å². The van der Waals surface area contributed by atoms with Crippen molar-refractivity contribution in [3.05, 3.63) is 35.4 Å². The van der Waals surface area contributed by atoms with Gasteiger partial charge in [0.2, 0.25) is 0 Å². The molecule has 0 heterocycles. The minimum atomic E-state index is -0.678. The maximum Gasteiger partial charge on any atom is 0.321 e. The van der Waals surface area contributed by atoms with Crippen LogP contribution in [0.4, 0.5) is 4.79 Å². The zero-order valence-electron chi connectivity index (χ0n) is 13.8. The Labute approximate surface area is 141 Å². The standard InChI is InChI=1S/C17H21N3O4/c1-12(2)10-19-17(23)20-15(21)11-24-16(22)8-7-13-3-5-14(9-18)6-4-13/h3-6,12H,7-8,10-11H2,1-2H3,(H2,19,20,21,23). The zero-order valence-corrected chi connectivity index (χ0v) is 13.8. The Morgan fingerprint density at radius 3 is 2.46 bits per heavy atom. The van der Waals surface area contributed by atoms with Gasteiger partial charge < -0.3 is 10.1 Å². The van der Waals surface area contributed by atoms with Gasteiger partial charge in [-0.15, -0.1) is 0 Å². The second-order valence-electron chi connectivity index (χ2n) is 5.62. The van der Waals surface area contributed by atoms with E-state index in [2.05, 4.69) is 10.6 Å². The summed E-state index contributed by atoms with van der Waals surface area (Å²) >= 11 is 0. The number of ether oxygens (including phenoxy) is 1. The first-order chi connectivity index (χ1) is 11.4. The molecule has 0 spiro atoms. The van der Waals surface area contributed by atoms with Gasteiger partial charge in [0.25, 0.3) is 5.91 Å². The molecule has 2 N–H and O–H groups in total. The molecule has 0 fully saturated rings. The molecule has 1 aromatic rings. The van der Waals surface area contributed by atoms with Crippen LogP contribution in [0.2, 0.25) is 0 Å². The van der Waals surface area contributed by atoms with E-state index in [0.29, 0.717) is 18.5 Å². The van der Waals surface area contributed by atoms with Crippen molar-refractivity contribution in [3.8, 4) is 6.07 Å². The van der Waals surface area contributed by atoms with E-state index in [9.17, 15) is 14.4 Å². The Hall–Kier alpha value is -2.88. The molecule has 3 amide bonds. The van der Waals surface area contributed by atoms with Crippen LogP contribution in [-0.2, 0) is 20.7 Å². The number of imide groups is 1. The first kappa shape index (κ1) is 19.2. The van der Waals surface area contributed by atoms with Gasteiger partial charge in [-0.05, 0) is 30.0 Å². The molecular formula is C17H21N3O4. The SMILES string of the molecule is CC(C)CNC(=O)NC(=O)COC(=O)CCc1ccc(C#N)cc1. The van der Waals surface area contributed by atoms with Crippen molar-refractivity contribution in [2.45, 2.75) is 26.7 Å². The quantitative estimate of drug-likeness (QED) is 0.736. The molecule has 1 aromatic carbocycles. The lowest BCUT2D eigenvalue weighted by Gasteiger charge is -2.09. The number of carbonyl (C=O) groups excluding carboxylic acids is 3. The van der Waals surface area contributed by atoms with E-state index in [0.717, 1.165) is 5.56 Å². The fourth-order valence-corrected chi connectivity index (χ4v) is 1.71. The average molecular weight is 331 g/mol. The third-order valence-electron chi connectivity index (χ3n) is 2.99. The summed E-state index contributed by atoms with van der Waals surface area (Å²) < 4.78 is 4.81. The molecule has 0 aliphatic heterocycles. The smallest absolute Gasteiger partial charge is 0.321 e. The highest BCUT2D eigenvalue weighted by Crippen LogP contribution is 2.06. The van der Waals surface area contributed by atoms with Gasteiger partial charge in [0.05, 0.1) is 11.6 Å². The van der Waals surface area contributed by atoms with Crippen molar-refractivity contribution >= 4 is 17.9 Å². The molecule has 24 heavy (non-hydrogen) atoms. The summed E-state index contributed by atoms with van der Waals surface area (Å²) in [6, 6.07) is 8.27. The van der Waals surface area contributed by atoms with E-state index in [1.54, 1.807) is 24.3 Å². The number of amides is 3. The minimum Gasteiger partial charge on any atom is -0.456 e. The number of hydrogen-bond acceptors (Lipinski definition) is 5. The number of benzene rings is 1. The third-order valence-corrected chi connectivity index (χ3v) is 2.99. The molecule has 0 radical (unpaired) electrons. The summed E-state index contributed by atoms with van der Waals surface area (Å²) in [6.07, 6.45) is 0.555. The molecule has 0 aliphatic carbocycles. The van der Waals surface area contributed by atoms with Gasteiger partial charge in [-0.2, -0.15) is 5.26 Å². The van der Waals surface area contributed by atoms with Crippen LogP contribution >= 0.6 is 0 Å². The van der Waals surface area contributed by atoms with Crippen LogP contribution in [0.3, 0.4) is 0 Å². The van der Waals surface area contributed by atoms with Crippen LogP contribution in [0.1, 0.15) is 31.4 Å². The van der Waals surface area contributed by atoms with Crippen molar-refractivity contribution in [2.75, 3.05) is 13.2 Å². The molecule has 0 saturated carbocycles. The van der Waals surface area contributed by atoms with Crippen molar-refractivity contribution in [1.29, 1.82) is 5.26 Å². The van der Waals surface area contributed by atoms with Crippen molar-refractivity contribution in [2.24, 2.45) is 5.92 Å². The van der Waals surface area contributed by atoms with Crippen LogP contribution in [0.25, 0.3) is 0 Å². The van der Waals surface area contributed by atoms with E-state index < -0.39 is 24.5 Å². The summed E-state index contributed by atoms with van der Waals surface area (Å²) in [5, 5.41) is 13.3. The molecule has 0 aromatic heterocycles. The molecule has 128 valence electrons. The number of carbonyl (C=O) groups is 3. The number of rotatable bonds is 7. The number of nitrogens with one attached hydrogen (secondary N) is 2. The van der Waals surface area contributed by atoms with Crippen molar-refractivity contribution in [3.63, 3.8) is 0 Å². The predicted octanol–water partition coefficient (Wildman–Crippen LogP) is 1.52. The number of nitrogens with zero attached hydrogens (tertiary/aromatic N) is 1. The number of nitriles is 1. The van der Waals surface area contributed by atoms with Gasteiger partial charge >= 0.3 is 12.0 Å². The van der Waals surface area contributed by atoms with Gasteiger partial charge in [0, 0.05) is 13.0 Å². The normalized spacial score (nSPS) is 9.92. The predicted molar refractivity (Wildman–Crippen MR) is 86.8 cm³/mol. The highest BCUT2D eigenvalue weighted by molar-refractivity contribution is 5.95. The third kappa shape index (κ3) is 7.94. The molecule has 7 heteroatoms. The van der Waals surface area contributed by atoms with Crippen molar-refractivity contribution in [1.82, 2.24) is 10.6 Å². The Morgan fingerprint density at radius 2 is 1.88 bits per heavy atom. The van der Waals surface area contributed by atoms with Crippen molar-refractivity contribution < 1.29 is 19.1 Å². The lowest BCUT2D eigenvalue weighted by molar-refractivity contribution is -0.148. The Balaban J connectivity index is 2.24. The maximum absolute atomic E-state index is 11.6. The number of esters is 1. The fourth-order valence-electron chi connectivity index (χ4n) is 1.71. The lowest BCUT2D eigenvalue weighted by Crippen LogP contribution is -2.42. The highest BCUT2D eigenvalue weighted by atomic mass is 16.5. The molecule has 0 atom stereocenters. The Morgan fingerprint density at radius 1 is 1.21 bits per heavy atom. The van der Waals surface area contributed by atoms with E-state index in [-0.39, 0.29) is 12.3 Å². The first-order valence-corrected chi connectivity index (χ1v) is 7.63. The molecule has 1 rings (SSSR count). The van der Waals surface area contributed by atoms with Gasteiger partial charge in [0.1, 0.15) is 0 Å². The van der Waals surface area contributed by atoms with Gasteiger partial charge in [0.15, 0.2) is 6.61 Å². The van der Waals surface area contributed by atoms with Gasteiger partial charge in [-0.3, -0.25) is 14.9 Å². The molecule has 7 nitrogen and oxygen atoms in total. The molecule has 0 unspecified atom stereocenters. The molecule has 0 bridgehead atoms. The summed E-state index contributed by atoms with van der Waals surface area (Å²) in [5.41, 5.74) is 1.44. The van der Waals surface area contributed by atoms with E-state index in [1.807, 2.05) is 19.9 Å². The van der Waals surface area contributed by atoms with E-state index >= 15 is 0 Å². The summed E-state index contributed by atoms with van der Waals surface area (Å²) in [6.45, 7) is 3.81. The summed E-state index contributed by atoms with van der Waals surface area (Å²) in [7, 11) is 0. The minimum absolute atomic E-state index is 0.110. The topological polar surface area (TPSA) is 108 Å². The van der Waals surface area contributed by atoms with E-state index in [1.165, 1.54) is 0 Å².